The maximum Gasteiger partial charge on any atom is 0.256 e. The van der Waals surface area contributed by atoms with Gasteiger partial charge in [0.05, 0.1) is 18.1 Å². The SMILES string of the molecule is C=C1C(Br)=C[C-]=C(c2c(F)cccc2OCOC)N1CC(F)F.[Y]. The molecule has 1 aliphatic heterocycles. The van der Waals surface area contributed by atoms with Crippen LogP contribution in [-0.2, 0) is 37.4 Å². The van der Waals surface area contributed by atoms with Gasteiger partial charge in [0.25, 0.3) is 6.43 Å². The minimum Gasteiger partial charge on any atom is -0.480 e. The number of nitrogens with zero attached hydrogens (tertiary/aromatic N) is 1. The molecular weight excluding hydrogens is 464 g/mol. The van der Waals surface area contributed by atoms with Gasteiger partial charge in [-0.05, 0) is 23.4 Å². The van der Waals surface area contributed by atoms with Crippen molar-refractivity contribution in [2.75, 3.05) is 20.4 Å². The van der Waals surface area contributed by atoms with Crippen LogP contribution in [-0.4, -0.2) is 31.8 Å². The summed E-state index contributed by atoms with van der Waals surface area (Å²) in [5, 5.41) is 0. The molecule has 2 rings (SSSR count). The fourth-order valence-corrected chi connectivity index (χ4v) is 2.41. The second-order valence-electron chi connectivity index (χ2n) is 4.60. The van der Waals surface area contributed by atoms with Gasteiger partial charge >= 0.3 is 0 Å². The van der Waals surface area contributed by atoms with Gasteiger partial charge in [-0.25, -0.2) is 13.2 Å². The van der Waals surface area contributed by atoms with Gasteiger partial charge in [-0.15, -0.1) is 15.9 Å². The molecule has 0 fully saturated rings. The predicted molar refractivity (Wildman–Crippen MR) is 84.4 cm³/mol. The molecule has 1 heterocycles. The number of rotatable bonds is 6. The number of halogens is 4. The maximum absolute atomic E-state index is 14.3. The fraction of sp³-hybridized carbons (Fsp3) is 0.250. The van der Waals surface area contributed by atoms with Crippen LogP contribution < -0.4 is 4.74 Å². The zero-order chi connectivity index (χ0) is 17.0. The van der Waals surface area contributed by atoms with Crippen LogP contribution in [0, 0.1) is 11.9 Å². The Bertz CT molecular complexity index is 665. The summed E-state index contributed by atoms with van der Waals surface area (Å²) in [5.74, 6) is -0.438. The molecule has 1 aliphatic rings. The monoisotopic (exact) mass is 477 g/mol. The van der Waals surface area contributed by atoms with Crippen LogP contribution in [0.3, 0.4) is 0 Å². The van der Waals surface area contributed by atoms with Crippen LogP contribution in [0.2, 0.25) is 0 Å². The van der Waals surface area contributed by atoms with Crippen molar-refractivity contribution < 1.29 is 55.4 Å². The Kier molecular flexibility index (Phi) is 8.70. The van der Waals surface area contributed by atoms with Gasteiger partial charge in [0.2, 0.25) is 0 Å². The van der Waals surface area contributed by atoms with E-state index < -0.39 is 18.8 Å². The van der Waals surface area contributed by atoms with Crippen molar-refractivity contribution in [1.82, 2.24) is 4.90 Å². The molecule has 0 aromatic heterocycles. The van der Waals surface area contributed by atoms with Gasteiger partial charge in [0.1, 0.15) is 0 Å². The Morgan fingerprint density at radius 2 is 2.08 bits per heavy atom. The summed E-state index contributed by atoms with van der Waals surface area (Å²) >= 11 is 3.22. The molecule has 127 valence electrons. The molecule has 0 unspecified atom stereocenters. The third-order valence-corrected chi connectivity index (χ3v) is 3.76. The van der Waals surface area contributed by atoms with E-state index in [4.69, 9.17) is 9.47 Å². The molecule has 24 heavy (non-hydrogen) atoms. The van der Waals surface area contributed by atoms with E-state index in [0.717, 1.165) is 0 Å². The third-order valence-electron chi connectivity index (χ3n) is 3.07. The van der Waals surface area contributed by atoms with E-state index in [0.29, 0.717) is 10.2 Å². The van der Waals surface area contributed by atoms with E-state index in [1.54, 1.807) is 0 Å². The standard InChI is InChI=1S/C16H14BrF3NO2.Y/c1-10-11(17)6-7-13(21(10)8-15(19)20)16-12(18)4-3-5-14(16)23-9-22-2;/h3-6,15H,1,8-9H2,2H3;/q-1;. The molecule has 0 amide bonds. The number of ether oxygens (including phenoxy) is 2. The molecule has 0 atom stereocenters. The number of hydrogen-bond acceptors (Lipinski definition) is 3. The molecule has 1 aromatic carbocycles. The maximum atomic E-state index is 14.3. The number of benzene rings is 1. The van der Waals surface area contributed by atoms with Crippen molar-refractivity contribution in [3.8, 4) is 5.75 Å². The van der Waals surface area contributed by atoms with E-state index in [1.807, 2.05) is 0 Å². The van der Waals surface area contributed by atoms with Crippen LogP contribution >= 0.6 is 15.9 Å². The van der Waals surface area contributed by atoms with Crippen LogP contribution in [0.15, 0.2) is 41.0 Å². The third kappa shape index (κ3) is 4.94. The van der Waals surface area contributed by atoms with Crippen molar-refractivity contribution >= 4 is 21.6 Å². The van der Waals surface area contributed by atoms with E-state index in [2.05, 4.69) is 28.6 Å². The predicted octanol–water partition coefficient (Wildman–Crippen LogP) is 4.32. The molecule has 0 aliphatic carbocycles. The summed E-state index contributed by atoms with van der Waals surface area (Å²) in [6.45, 7) is 3.02. The Balaban J connectivity index is 0.00000288. The largest absolute Gasteiger partial charge is 0.480 e. The molecule has 0 bridgehead atoms. The van der Waals surface area contributed by atoms with E-state index in [1.165, 1.54) is 36.3 Å². The van der Waals surface area contributed by atoms with Crippen LogP contribution in [0.5, 0.6) is 5.75 Å². The molecule has 0 N–H and O–H groups in total. The number of allylic oxidation sites excluding steroid dienone is 3. The van der Waals surface area contributed by atoms with Crippen LogP contribution in [0.1, 0.15) is 5.56 Å². The Labute approximate surface area is 172 Å². The minimum atomic E-state index is -2.63. The van der Waals surface area contributed by atoms with Crippen LogP contribution in [0.25, 0.3) is 5.70 Å². The molecular formula is C16H14BrF3NO2Y-. The average Bonchev–Trinajstić information content (AvgIpc) is 2.50. The summed E-state index contributed by atoms with van der Waals surface area (Å²) in [6.07, 6.45) is 1.69. The number of alkyl halides is 2. The second-order valence-corrected chi connectivity index (χ2v) is 5.45. The van der Waals surface area contributed by atoms with E-state index in [9.17, 15) is 13.2 Å². The van der Waals surface area contributed by atoms with Gasteiger partial charge in [-0.3, -0.25) is 0 Å². The summed E-state index contributed by atoms with van der Waals surface area (Å²) in [6, 6.07) is 4.22. The van der Waals surface area contributed by atoms with Crippen LogP contribution in [0.4, 0.5) is 13.2 Å². The van der Waals surface area contributed by atoms with Gasteiger partial charge in [-0.2, -0.15) is 12.2 Å². The van der Waals surface area contributed by atoms with Gasteiger partial charge in [-0.1, -0.05) is 22.8 Å². The summed E-state index contributed by atoms with van der Waals surface area (Å²) in [4.78, 5) is 1.20. The van der Waals surface area contributed by atoms with Gasteiger partial charge in [0, 0.05) is 39.8 Å². The first kappa shape index (κ1) is 21.4. The average molecular weight is 478 g/mol. The zero-order valence-corrected chi connectivity index (χ0v) is 17.3. The first-order valence-electron chi connectivity index (χ1n) is 6.60. The topological polar surface area (TPSA) is 21.7 Å². The summed E-state index contributed by atoms with van der Waals surface area (Å²) in [5.41, 5.74) is 0.449. The van der Waals surface area contributed by atoms with Gasteiger partial charge < -0.3 is 14.4 Å². The normalized spacial score (nSPS) is 14.2. The van der Waals surface area contributed by atoms with E-state index >= 15 is 0 Å². The van der Waals surface area contributed by atoms with Crippen molar-refractivity contribution in [1.29, 1.82) is 0 Å². The Morgan fingerprint density at radius 1 is 1.38 bits per heavy atom. The number of hydrogen-bond donors (Lipinski definition) is 0. The molecule has 8 heteroatoms. The molecule has 0 saturated heterocycles. The fourth-order valence-electron chi connectivity index (χ4n) is 2.08. The summed E-state index contributed by atoms with van der Waals surface area (Å²) < 4.78 is 50.8. The molecule has 3 nitrogen and oxygen atoms in total. The quantitative estimate of drug-likeness (QED) is 0.450. The van der Waals surface area contributed by atoms with Crippen molar-refractivity contribution in [2.45, 2.75) is 6.43 Å². The summed E-state index contributed by atoms with van der Waals surface area (Å²) in [7, 11) is 1.43. The Hall–Kier alpha value is -0.626. The number of methoxy groups -OCH3 is 1. The van der Waals surface area contributed by atoms with Crippen molar-refractivity contribution in [2.24, 2.45) is 0 Å². The first-order chi connectivity index (χ1) is 11.0. The first-order valence-corrected chi connectivity index (χ1v) is 7.39. The van der Waals surface area contributed by atoms with Crippen molar-refractivity contribution in [3.63, 3.8) is 0 Å². The van der Waals surface area contributed by atoms with Crippen molar-refractivity contribution in [3.05, 3.63) is 58.5 Å². The minimum absolute atomic E-state index is 0. The van der Waals surface area contributed by atoms with E-state index in [-0.39, 0.29) is 56.5 Å². The molecule has 1 aromatic rings. The Morgan fingerprint density at radius 3 is 2.71 bits per heavy atom. The smallest absolute Gasteiger partial charge is 0.256 e. The molecule has 1 radical (unpaired) electrons. The zero-order valence-electron chi connectivity index (χ0n) is 12.9. The molecule has 0 spiro atoms. The molecule has 0 saturated carbocycles. The second kappa shape index (κ2) is 9.75. The van der Waals surface area contributed by atoms with Gasteiger partial charge in [0.15, 0.2) is 6.79 Å².